The summed E-state index contributed by atoms with van der Waals surface area (Å²) in [6, 6.07) is 6.95. The second-order valence-electron chi connectivity index (χ2n) is 3.29. The van der Waals surface area contributed by atoms with Crippen LogP contribution in [0.4, 0.5) is 0 Å². The van der Waals surface area contributed by atoms with E-state index in [1.165, 1.54) is 6.08 Å². The quantitative estimate of drug-likeness (QED) is 0.884. The van der Waals surface area contributed by atoms with Gasteiger partial charge < -0.3 is 0 Å². The maximum Gasteiger partial charge on any atom is 0.233 e. The molecule has 1 aromatic carbocycles. The molecular weight excluding hydrogens is 246 g/mol. The molecule has 0 aliphatic carbocycles. The van der Waals surface area contributed by atoms with Gasteiger partial charge in [-0.25, -0.2) is 13.1 Å². The van der Waals surface area contributed by atoms with Crippen molar-refractivity contribution in [2.45, 2.75) is 13.3 Å². The van der Waals surface area contributed by atoms with E-state index in [2.05, 4.69) is 4.72 Å². The highest BCUT2D eigenvalue weighted by Gasteiger charge is 2.02. The van der Waals surface area contributed by atoms with E-state index < -0.39 is 10.0 Å². The number of hydrogen-bond acceptors (Lipinski definition) is 2. The molecule has 0 unspecified atom stereocenters. The number of benzene rings is 1. The van der Waals surface area contributed by atoms with Gasteiger partial charge in [0.05, 0.1) is 0 Å². The highest BCUT2D eigenvalue weighted by Crippen LogP contribution is 2.10. The molecule has 0 aliphatic rings. The standard InChI is InChI=1S/C11H14ClNO2S/c1-2-8-13-16(14,15)9-7-10-3-5-11(12)6-4-10/h3-7,9,13H,2,8H2,1H3/b9-7+. The second kappa shape index (κ2) is 6.03. The number of rotatable bonds is 5. The average Bonchev–Trinajstić information content (AvgIpc) is 2.26. The first-order valence-corrected chi connectivity index (χ1v) is 6.89. The van der Waals surface area contributed by atoms with Crippen molar-refractivity contribution in [3.05, 3.63) is 40.3 Å². The van der Waals surface area contributed by atoms with E-state index in [-0.39, 0.29) is 0 Å². The van der Waals surface area contributed by atoms with Crippen LogP contribution in [-0.2, 0) is 10.0 Å². The molecule has 0 radical (unpaired) electrons. The Kier molecular flexibility index (Phi) is 4.99. The van der Waals surface area contributed by atoms with E-state index in [9.17, 15) is 8.42 Å². The summed E-state index contributed by atoms with van der Waals surface area (Å²) in [6.45, 7) is 2.36. The van der Waals surface area contributed by atoms with Gasteiger partial charge in [0.1, 0.15) is 0 Å². The largest absolute Gasteiger partial charge is 0.233 e. The molecule has 0 aliphatic heterocycles. The van der Waals surface area contributed by atoms with Crippen LogP contribution in [0.5, 0.6) is 0 Å². The summed E-state index contributed by atoms with van der Waals surface area (Å²) in [5.41, 5.74) is 0.797. The van der Waals surface area contributed by atoms with Gasteiger partial charge in [-0.3, -0.25) is 0 Å². The fourth-order valence-corrected chi connectivity index (χ4v) is 2.08. The van der Waals surface area contributed by atoms with Gasteiger partial charge in [0, 0.05) is 17.0 Å². The topological polar surface area (TPSA) is 46.2 Å². The first kappa shape index (κ1) is 13.2. The maximum absolute atomic E-state index is 11.4. The fraction of sp³-hybridized carbons (Fsp3) is 0.273. The van der Waals surface area contributed by atoms with Crippen LogP contribution in [0.1, 0.15) is 18.9 Å². The molecule has 0 heterocycles. The molecule has 0 saturated heterocycles. The molecule has 0 amide bonds. The molecule has 1 aromatic rings. The van der Waals surface area contributed by atoms with Gasteiger partial charge in [0.15, 0.2) is 0 Å². The van der Waals surface area contributed by atoms with Crippen LogP contribution in [0, 0.1) is 0 Å². The highest BCUT2D eigenvalue weighted by molar-refractivity contribution is 7.92. The van der Waals surface area contributed by atoms with Crippen LogP contribution in [0.15, 0.2) is 29.7 Å². The fourth-order valence-electron chi connectivity index (χ4n) is 1.03. The van der Waals surface area contributed by atoms with Gasteiger partial charge in [-0.15, -0.1) is 0 Å². The van der Waals surface area contributed by atoms with Gasteiger partial charge in [-0.05, 0) is 30.2 Å². The summed E-state index contributed by atoms with van der Waals surface area (Å²) in [5, 5.41) is 1.79. The minimum absolute atomic E-state index is 0.452. The van der Waals surface area contributed by atoms with Crippen molar-refractivity contribution in [1.29, 1.82) is 0 Å². The number of halogens is 1. The summed E-state index contributed by atoms with van der Waals surface area (Å²) < 4.78 is 25.3. The van der Waals surface area contributed by atoms with Crippen LogP contribution in [0.25, 0.3) is 6.08 Å². The highest BCUT2D eigenvalue weighted by atomic mass is 35.5. The lowest BCUT2D eigenvalue weighted by molar-refractivity contribution is 0.590. The molecule has 3 nitrogen and oxygen atoms in total. The lowest BCUT2D eigenvalue weighted by Gasteiger charge is -1.99. The minimum atomic E-state index is -3.32. The molecular formula is C11H14ClNO2S. The Morgan fingerprint density at radius 3 is 2.50 bits per heavy atom. The van der Waals surface area contributed by atoms with Crippen molar-refractivity contribution in [3.63, 3.8) is 0 Å². The lowest BCUT2D eigenvalue weighted by atomic mass is 10.2. The Labute approximate surface area is 101 Å². The normalized spacial score (nSPS) is 12.1. The Morgan fingerprint density at radius 2 is 1.94 bits per heavy atom. The Morgan fingerprint density at radius 1 is 1.31 bits per heavy atom. The monoisotopic (exact) mass is 259 g/mol. The molecule has 0 fully saturated rings. The third-order valence-corrected chi connectivity index (χ3v) is 3.22. The van der Waals surface area contributed by atoms with Gasteiger partial charge in [0.2, 0.25) is 10.0 Å². The van der Waals surface area contributed by atoms with Gasteiger partial charge >= 0.3 is 0 Å². The van der Waals surface area contributed by atoms with E-state index in [0.29, 0.717) is 11.6 Å². The zero-order valence-electron chi connectivity index (χ0n) is 8.98. The molecule has 0 aromatic heterocycles. The number of sulfonamides is 1. The minimum Gasteiger partial charge on any atom is -0.212 e. The third kappa shape index (κ3) is 4.79. The van der Waals surface area contributed by atoms with E-state index >= 15 is 0 Å². The second-order valence-corrected chi connectivity index (χ2v) is 5.38. The summed E-state index contributed by atoms with van der Waals surface area (Å²) in [4.78, 5) is 0. The van der Waals surface area contributed by atoms with Crippen molar-refractivity contribution in [3.8, 4) is 0 Å². The Bertz CT molecular complexity index is 451. The molecule has 0 saturated carbocycles. The number of nitrogens with one attached hydrogen (secondary N) is 1. The first-order valence-electron chi connectivity index (χ1n) is 4.97. The van der Waals surface area contributed by atoms with Crippen molar-refractivity contribution in [2.75, 3.05) is 6.54 Å². The molecule has 16 heavy (non-hydrogen) atoms. The summed E-state index contributed by atoms with van der Waals surface area (Å²) in [5.74, 6) is 0. The van der Waals surface area contributed by atoms with Crippen LogP contribution >= 0.6 is 11.6 Å². The predicted molar refractivity (Wildman–Crippen MR) is 67.7 cm³/mol. The predicted octanol–water partition coefficient (Wildman–Crippen LogP) is 2.64. The van der Waals surface area contributed by atoms with E-state index in [4.69, 9.17) is 11.6 Å². The summed E-state index contributed by atoms with van der Waals surface area (Å²) in [7, 11) is -3.32. The van der Waals surface area contributed by atoms with Gasteiger partial charge in [-0.1, -0.05) is 30.7 Å². The maximum atomic E-state index is 11.4. The molecule has 88 valence electrons. The van der Waals surface area contributed by atoms with Gasteiger partial charge in [-0.2, -0.15) is 0 Å². The van der Waals surface area contributed by atoms with Crippen LogP contribution in [-0.4, -0.2) is 15.0 Å². The van der Waals surface area contributed by atoms with E-state index in [1.54, 1.807) is 24.3 Å². The van der Waals surface area contributed by atoms with Crippen molar-refractivity contribution >= 4 is 27.7 Å². The van der Waals surface area contributed by atoms with Crippen LogP contribution in [0.3, 0.4) is 0 Å². The molecule has 1 rings (SSSR count). The zero-order chi connectivity index (χ0) is 12.0. The van der Waals surface area contributed by atoms with Crippen molar-refractivity contribution in [2.24, 2.45) is 0 Å². The Balaban J connectivity index is 2.69. The smallest absolute Gasteiger partial charge is 0.212 e. The Hall–Kier alpha value is -0.840. The number of hydrogen-bond donors (Lipinski definition) is 1. The average molecular weight is 260 g/mol. The van der Waals surface area contributed by atoms with E-state index in [0.717, 1.165) is 17.4 Å². The summed E-state index contributed by atoms with van der Waals surface area (Å²) in [6.07, 6.45) is 2.31. The van der Waals surface area contributed by atoms with Crippen LogP contribution < -0.4 is 4.72 Å². The molecule has 5 heteroatoms. The van der Waals surface area contributed by atoms with Crippen molar-refractivity contribution < 1.29 is 8.42 Å². The zero-order valence-corrected chi connectivity index (χ0v) is 10.6. The SMILES string of the molecule is CCCNS(=O)(=O)/C=C/c1ccc(Cl)cc1. The third-order valence-electron chi connectivity index (χ3n) is 1.86. The van der Waals surface area contributed by atoms with Gasteiger partial charge in [0.25, 0.3) is 0 Å². The molecule has 1 N–H and O–H groups in total. The summed E-state index contributed by atoms with van der Waals surface area (Å²) >= 11 is 5.72. The van der Waals surface area contributed by atoms with E-state index in [1.807, 2.05) is 6.92 Å². The molecule has 0 spiro atoms. The van der Waals surface area contributed by atoms with Crippen LogP contribution in [0.2, 0.25) is 5.02 Å². The molecule has 0 bridgehead atoms. The van der Waals surface area contributed by atoms with Crippen molar-refractivity contribution in [1.82, 2.24) is 4.72 Å². The lowest BCUT2D eigenvalue weighted by Crippen LogP contribution is -2.21. The first-order chi connectivity index (χ1) is 7.53. The molecule has 0 atom stereocenters.